The Bertz CT molecular complexity index is 1570. The van der Waals surface area contributed by atoms with Crippen molar-refractivity contribution in [2.45, 2.75) is 57.7 Å². The monoisotopic (exact) mass is 551 g/mol. The molecule has 1 saturated carbocycles. The van der Waals surface area contributed by atoms with Crippen molar-refractivity contribution in [2.75, 3.05) is 11.5 Å². The summed E-state index contributed by atoms with van der Waals surface area (Å²) in [4.78, 5) is 40.9. The van der Waals surface area contributed by atoms with Crippen molar-refractivity contribution < 1.29 is 19.4 Å². The van der Waals surface area contributed by atoms with Crippen LogP contribution < -0.4 is 9.64 Å². The first-order valence-electron chi connectivity index (χ1n) is 13.8. The molecule has 4 aromatic rings. The van der Waals surface area contributed by atoms with Crippen molar-refractivity contribution in [3.05, 3.63) is 84.4 Å². The Morgan fingerprint density at radius 2 is 1.83 bits per heavy atom. The second-order valence-electron chi connectivity index (χ2n) is 11.6. The van der Waals surface area contributed by atoms with Crippen LogP contribution in [0, 0.1) is 0 Å². The highest BCUT2D eigenvalue weighted by Crippen LogP contribution is 2.50. The average Bonchev–Trinajstić information content (AvgIpc) is 3.45. The summed E-state index contributed by atoms with van der Waals surface area (Å²) in [6, 6.07) is 20.0. The normalized spacial score (nSPS) is 16.0. The maximum Gasteiger partial charge on any atom is 0.408 e. The number of benzene rings is 2. The van der Waals surface area contributed by atoms with Crippen LogP contribution in [0.3, 0.4) is 0 Å². The van der Waals surface area contributed by atoms with Gasteiger partial charge < -0.3 is 14.8 Å². The number of amides is 2. The fourth-order valence-electron chi connectivity index (χ4n) is 6.10. The summed E-state index contributed by atoms with van der Waals surface area (Å²) in [5.41, 5.74) is 3.90. The van der Waals surface area contributed by atoms with Crippen molar-refractivity contribution in [1.29, 1.82) is 0 Å². The van der Waals surface area contributed by atoms with Gasteiger partial charge in [0, 0.05) is 29.1 Å². The number of hydrogen-bond acceptors (Lipinski definition) is 5. The minimum Gasteiger partial charge on any atom is -0.466 e. The van der Waals surface area contributed by atoms with Gasteiger partial charge in [-0.3, -0.25) is 14.6 Å². The van der Waals surface area contributed by atoms with Crippen LogP contribution in [0.2, 0.25) is 0 Å². The minimum atomic E-state index is -0.908. The zero-order chi connectivity index (χ0) is 28.8. The van der Waals surface area contributed by atoms with Crippen LogP contribution in [-0.4, -0.2) is 49.1 Å². The molecule has 210 valence electrons. The lowest BCUT2D eigenvalue weighted by Crippen LogP contribution is -2.60. The van der Waals surface area contributed by atoms with E-state index in [1.165, 1.54) is 0 Å². The molecule has 41 heavy (non-hydrogen) atoms. The number of carboxylic acid groups (broad SMARTS) is 1. The highest BCUT2D eigenvalue weighted by Gasteiger charge is 2.50. The number of nitrogens with one attached hydrogen (secondary N) is 1. The molecule has 0 radical (unpaired) electrons. The molecule has 1 aliphatic heterocycles. The van der Waals surface area contributed by atoms with E-state index in [0.29, 0.717) is 17.4 Å². The first kappa shape index (κ1) is 26.6. The lowest BCUT2D eigenvalue weighted by molar-refractivity contribution is -0.121. The molecule has 0 bridgehead atoms. The number of H-pyrrole nitrogens is 1. The summed E-state index contributed by atoms with van der Waals surface area (Å²) in [6.07, 6.45) is 5.04. The number of carbonyl (C=O) groups excluding carboxylic acids is 1. The number of rotatable bonds is 6. The smallest absolute Gasteiger partial charge is 0.408 e. The van der Waals surface area contributed by atoms with E-state index in [2.05, 4.69) is 9.97 Å². The molecule has 1 fully saturated rings. The Balaban J connectivity index is 1.44. The molecule has 0 saturated heterocycles. The molecule has 6 rings (SSSR count). The molecule has 0 atom stereocenters. The van der Waals surface area contributed by atoms with Crippen molar-refractivity contribution in [2.24, 2.45) is 0 Å². The number of anilines is 1. The number of ether oxygens (including phenoxy) is 1. The third kappa shape index (κ3) is 4.71. The second-order valence-corrected chi connectivity index (χ2v) is 11.6. The molecular formula is C32H33N5O4. The number of imidazole rings is 1. The fourth-order valence-corrected chi connectivity index (χ4v) is 6.10. The van der Waals surface area contributed by atoms with Crippen molar-refractivity contribution >= 4 is 17.7 Å². The van der Waals surface area contributed by atoms with Crippen molar-refractivity contribution in [3.63, 3.8) is 0 Å². The van der Waals surface area contributed by atoms with Gasteiger partial charge in [-0.15, -0.1) is 0 Å². The Hall–Kier alpha value is -4.66. The van der Waals surface area contributed by atoms with Gasteiger partial charge in [-0.05, 0) is 57.2 Å². The fraction of sp³-hybridized carbons (Fsp3) is 0.312. The number of pyridine rings is 1. The topological polar surface area (TPSA) is 112 Å². The quantitative estimate of drug-likeness (QED) is 0.294. The summed E-state index contributed by atoms with van der Waals surface area (Å²) in [6.45, 7) is 6.00. The van der Waals surface area contributed by atoms with Crippen LogP contribution in [0.4, 0.5) is 10.5 Å². The highest BCUT2D eigenvalue weighted by atomic mass is 16.5. The van der Waals surface area contributed by atoms with E-state index in [0.717, 1.165) is 47.2 Å². The highest BCUT2D eigenvalue weighted by molar-refractivity contribution is 5.99. The van der Waals surface area contributed by atoms with Crippen molar-refractivity contribution in [1.82, 2.24) is 19.9 Å². The molecular weight excluding hydrogens is 518 g/mol. The van der Waals surface area contributed by atoms with E-state index in [9.17, 15) is 14.7 Å². The standard InChI is InChI=1S/C32H33N5O4/c1-31(2,3)37(30(39)40)32(14-7-15-32)23-12-10-22(11-13-23)28-24(21-8-5-4-6-9-21)18-25-29(35-28)41-20-27(38)36(25)19-26-33-16-17-34-26/h4-6,8-13,16-18H,7,14-15,19-20H2,1-3H3,(H,33,34)(H,39,40). The maximum absolute atomic E-state index is 12.9. The number of nitrogens with zero attached hydrogens (tertiary/aromatic N) is 4. The van der Waals surface area contributed by atoms with Gasteiger partial charge in [0.15, 0.2) is 6.61 Å². The van der Waals surface area contributed by atoms with Crippen LogP contribution in [0.15, 0.2) is 73.1 Å². The largest absolute Gasteiger partial charge is 0.466 e. The van der Waals surface area contributed by atoms with Crippen LogP contribution in [0.25, 0.3) is 22.4 Å². The van der Waals surface area contributed by atoms with Crippen LogP contribution in [-0.2, 0) is 16.9 Å². The van der Waals surface area contributed by atoms with E-state index in [1.807, 2.05) is 81.4 Å². The molecule has 2 aliphatic rings. The molecule has 9 heteroatoms. The Morgan fingerprint density at radius 1 is 1.10 bits per heavy atom. The lowest BCUT2D eigenvalue weighted by atomic mass is 9.69. The van der Waals surface area contributed by atoms with E-state index >= 15 is 0 Å². The Morgan fingerprint density at radius 3 is 2.41 bits per heavy atom. The van der Waals surface area contributed by atoms with Crippen LogP contribution in [0.1, 0.15) is 51.4 Å². The van der Waals surface area contributed by atoms with Crippen LogP contribution >= 0.6 is 0 Å². The zero-order valence-electron chi connectivity index (χ0n) is 23.4. The average molecular weight is 552 g/mol. The molecule has 9 nitrogen and oxygen atoms in total. The number of aromatic amines is 1. The molecule has 2 amide bonds. The second kappa shape index (κ2) is 10.1. The molecule has 0 unspecified atom stereocenters. The van der Waals surface area contributed by atoms with Gasteiger partial charge in [0.1, 0.15) is 11.5 Å². The van der Waals surface area contributed by atoms with Gasteiger partial charge in [0.05, 0.1) is 17.8 Å². The Labute approximate surface area is 238 Å². The van der Waals surface area contributed by atoms with Gasteiger partial charge >= 0.3 is 6.09 Å². The van der Waals surface area contributed by atoms with Crippen molar-refractivity contribution in [3.8, 4) is 28.3 Å². The number of aromatic nitrogens is 3. The molecule has 1 aliphatic carbocycles. The van der Waals surface area contributed by atoms with E-state index in [-0.39, 0.29) is 19.1 Å². The third-order valence-corrected chi connectivity index (χ3v) is 8.01. The number of fused-ring (bicyclic) bond motifs is 1. The zero-order valence-corrected chi connectivity index (χ0v) is 23.4. The molecule has 2 aromatic carbocycles. The summed E-state index contributed by atoms with van der Waals surface area (Å²) in [5, 5.41) is 10.2. The summed E-state index contributed by atoms with van der Waals surface area (Å²) >= 11 is 0. The molecule has 0 spiro atoms. The minimum absolute atomic E-state index is 0.107. The first-order valence-corrected chi connectivity index (χ1v) is 13.8. The summed E-state index contributed by atoms with van der Waals surface area (Å²) in [5.74, 6) is 0.886. The molecule has 2 N–H and O–H groups in total. The van der Waals surface area contributed by atoms with Gasteiger partial charge in [-0.1, -0.05) is 54.6 Å². The lowest BCUT2D eigenvalue weighted by Gasteiger charge is -2.54. The number of hydrogen-bond donors (Lipinski definition) is 2. The molecule has 2 aromatic heterocycles. The van der Waals surface area contributed by atoms with Gasteiger partial charge in [0.25, 0.3) is 5.91 Å². The summed E-state index contributed by atoms with van der Waals surface area (Å²) < 4.78 is 5.83. The Kier molecular flexibility index (Phi) is 6.52. The summed E-state index contributed by atoms with van der Waals surface area (Å²) in [7, 11) is 0. The van der Waals surface area contributed by atoms with Gasteiger partial charge in [0.2, 0.25) is 5.88 Å². The van der Waals surface area contributed by atoms with E-state index in [1.54, 1.807) is 22.2 Å². The van der Waals surface area contributed by atoms with Gasteiger partial charge in [-0.25, -0.2) is 14.8 Å². The maximum atomic E-state index is 12.9. The number of carbonyl (C=O) groups is 2. The van der Waals surface area contributed by atoms with E-state index < -0.39 is 17.2 Å². The first-order chi connectivity index (χ1) is 19.7. The van der Waals surface area contributed by atoms with Crippen LogP contribution in [0.5, 0.6) is 5.88 Å². The predicted octanol–water partition coefficient (Wildman–Crippen LogP) is 6.22. The SMILES string of the molecule is CC(C)(C)N(C(=O)O)C1(c2ccc(-c3nc4c(cc3-c3ccccc3)N(Cc3ncc[nH]3)C(=O)CO4)cc2)CCC1. The third-order valence-electron chi connectivity index (χ3n) is 8.01. The predicted molar refractivity (Wildman–Crippen MR) is 156 cm³/mol. The van der Waals surface area contributed by atoms with E-state index in [4.69, 9.17) is 9.72 Å². The van der Waals surface area contributed by atoms with Gasteiger partial charge in [-0.2, -0.15) is 0 Å². The molecule has 3 heterocycles.